The van der Waals surface area contributed by atoms with Crippen molar-refractivity contribution in [1.82, 2.24) is 13.7 Å². The first kappa shape index (κ1) is 43.6. The van der Waals surface area contributed by atoms with E-state index in [1.807, 2.05) is 34.0 Å². The predicted molar refractivity (Wildman–Crippen MR) is 343 cm³/mol. The molecule has 6 aromatic heterocycles. The Bertz CT molecular complexity index is 5000. The number of benzene rings is 12. The quantitative estimate of drug-likeness (QED) is 0.162. The topological polar surface area (TPSA) is 18.0 Å². The van der Waals surface area contributed by atoms with Gasteiger partial charge in [-0.3, -0.25) is 0 Å². The summed E-state index contributed by atoms with van der Waals surface area (Å²) in [5, 5.41) is 15.7. The van der Waals surface area contributed by atoms with E-state index in [0.717, 1.165) is 34.1 Å². The van der Waals surface area contributed by atoms with Crippen LogP contribution in [-0.2, 0) is 0 Å². The van der Waals surface area contributed by atoms with Crippen molar-refractivity contribution in [2.75, 3.05) is 4.90 Å². The van der Waals surface area contributed by atoms with E-state index < -0.39 is 0 Å². The highest BCUT2D eigenvalue weighted by molar-refractivity contribution is 7.26. The Morgan fingerprint density at radius 1 is 0.203 bits per heavy atom. The molecule has 79 heavy (non-hydrogen) atoms. The van der Waals surface area contributed by atoms with Crippen LogP contribution in [0.5, 0.6) is 0 Å². The van der Waals surface area contributed by atoms with Crippen molar-refractivity contribution in [2.24, 2.45) is 0 Å². The summed E-state index contributed by atoms with van der Waals surface area (Å²) in [6.45, 7) is 0. The first-order chi connectivity index (χ1) is 39.2. The fraction of sp³-hybridized carbons (Fsp3) is 0. The standard InChI is InChI=1S/C72H42N4S3/c1-7-19-55-49(13-1)67-58(37-40-64-70(67)52-16-4-10-22-61(52)77-64)74(55)46-31-25-43(26-32-46)73(44-27-33-47(34-28-44)75-56-20-8-2-14-50(56)68-59(75)38-41-65-71(68)53-17-5-11-23-62(53)78-65)45-29-35-48(36-30-45)76-57-21-9-3-15-51(57)69-60(76)39-42-66-72(69)54-18-6-12-24-63(54)79-66/h1-42H. The minimum absolute atomic E-state index is 1.07. The van der Waals surface area contributed by atoms with Gasteiger partial charge in [-0.25, -0.2) is 0 Å². The third-order valence-electron chi connectivity index (χ3n) is 16.6. The van der Waals surface area contributed by atoms with Gasteiger partial charge in [0.2, 0.25) is 0 Å². The number of rotatable bonds is 6. The van der Waals surface area contributed by atoms with Crippen molar-refractivity contribution in [3.63, 3.8) is 0 Å². The molecule has 0 saturated carbocycles. The van der Waals surface area contributed by atoms with Gasteiger partial charge in [0.05, 0.1) is 33.1 Å². The van der Waals surface area contributed by atoms with Crippen LogP contribution in [0.25, 0.3) is 143 Å². The Morgan fingerprint density at radius 3 is 0.772 bits per heavy atom. The summed E-state index contributed by atoms with van der Waals surface area (Å²) < 4.78 is 15.3. The molecule has 0 N–H and O–H groups in total. The molecule has 0 fully saturated rings. The minimum atomic E-state index is 1.07. The van der Waals surface area contributed by atoms with E-state index in [-0.39, 0.29) is 0 Å². The van der Waals surface area contributed by atoms with Crippen molar-refractivity contribution in [3.8, 4) is 17.1 Å². The number of aromatic nitrogens is 3. The first-order valence-electron chi connectivity index (χ1n) is 26.8. The van der Waals surface area contributed by atoms with Gasteiger partial charge in [0.25, 0.3) is 0 Å². The molecule has 6 heterocycles. The van der Waals surface area contributed by atoms with Crippen LogP contribution in [0.3, 0.4) is 0 Å². The molecule has 0 unspecified atom stereocenters. The van der Waals surface area contributed by atoms with Crippen molar-refractivity contribution in [1.29, 1.82) is 0 Å². The third-order valence-corrected chi connectivity index (χ3v) is 20.0. The Hall–Kier alpha value is -9.50. The van der Waals surface area contributed by atoms with Crippen LogP contribution in [0.4, 0.5) is 17.1 Å². The zero-order valence-electron chi connectivity index (χ0n) is 42.3. The molecular weight excluding hydrogens is 1020 g/mol. The summed E-state index contributed by atoms with van der Waals surface area (Å²) in [7, 11) is 0. The summed E-state index contributed by atoms with van der Waals surface area (Å²) >= 11 is 5.63. The molecule has 0 amide bonds. The Kier molecular flexibility index (Phi) is 9.11. The maximum absolute atomic E-state index is 2.45. The molecule has 7 heteroatoms. The van der Waals surface area contributed by atoms with Gasteiger partial charge in [-0.1, -0.05) is 109 Å². The molecule has 0 radical (unpaired) electrons. The molecule has 18 rings (SSSR count). The van der Waals surface area contributed by atoms with Crippen LogP contribution in [0.15, 0.2) is 255 Å². The second-order valence-electron chi connectivity index (χ2n) is 20.7. The van der Waals surface area contributed by atoms with Gasteiger partial charge in [-0.15, -0.1) is 34.0 Å². The van der Waals surface area contributed by atoms with E-state index in [0.29, 0.717) is 0 Å². The molecule has 0 aliphatic rings. The second-order valence-corrected chi connectivity index (χ2v) is 24.0. The lowest BCUT2D eigenvalue weighted by atomic mass is 10.1. The van der Waals surface area contributed by atoms with Crippen LogP contribution in [0.1, 0.15) is 0 Å². The monoisotopic (exact) mass is 1060 g/mol. The number of anilines is 3. The number of fused-ring (bicyclic) bond motifs is 21. The van der Waals surface area contributed by atoms with Crippen molar-refractivity contribution in [2.45, 2.75) is 0 Å². The maximum Gasteiger partial charge on any atom is 0.0548 e. The van der Waals surface area contributed by atoms with E-state index in [1.165, 1.54) is 126 Å². The van der Waals surface area contributed by atoms with Gasteiger partial charge in [0.15, 0.2) is 0 Å². The zero-order chi connectivity index (χ0) is 51.4. The molecule has 368 valence electrons. The SMILES string of the molecule is c1ccc2c(c1)sc1ccc3c(c4ccccc4n3-c3ccc(N(c4ccc(-n5c6ccccc6c6c7c(ccc65)sc5ccccc57)cc4)c4ccc(-n5c6ccccc6c6c7c(ccc65)sc5ccccc57)cc4)cc3)c12. The largest absolute Gasteiger partial charge is 0.310 e. The normalized spacial score (nSPS) is 12.3. The van der Waals surface area contributed by atoms with Crippen LogP contribution < -0.4 is 4.90 Å². The number of hydrogen-bond donors (Lipinski definition) is 0. The molecule has 4 nitrogen and oxygen atoms in total. The van der Waals surface area contributed by atoms with Crippen molar-refractivity contribution >= 4 is 177 Å². The second kappa shape index (κ2) is 16.5. The molecule has 0 atom stereocenters. The van der Waals surface area contributed by atoms with Gasteiger partial charge < -0.3 is 18.6 Å². The summed E-state index contributed by atoms with van der Waals surface area (Å²) in [5.74, 6) is 0. The van der Waals surface area contributed by atoms with E-state index in [1.54, 1.807) is 0 Å². The van der Waals surface area contributed by atoms with E-state index in [9.17, 15) is 0 Å². The Morgan fingerprint density at radius 2 is 0.468 bits per heavy atom. The summed E-state index contributed by atoms with van der Waals surface area (Å²) in [5.41, 5.74) is 13.8. The van der Waals surface area contributed by atoms with Gasteiger partial charge in [-0.2, -0.15) is 0 Å². The highest BCUT2D eigenvalue weighted by Crippen LogP contribution is 2.48. The number of nitrogens with zero attached hydrogens (tertiary/aromatic N) is 4. The van der Waals surface area contributed by atoms with Crippen LogP contribution >= 0.6 is 34.0 Å². The summed E-state index contributed by atoms with van der Waals surface area (Å²) in [4.78, 5) is 2.41. The summed E-state index contributed by atoms with van der Waals surface area (Å²) in [6, 6.07) is 94.7. The zero-order valence-corrected chi connectivity index (χ0v) is 44.7. The van der Waals surface area contributed by atoms with Gasteiger partial charge in [0.1, 0.15) is 0 Å². The van der Waals surface area contributed by atoms with Crippen LogP contribution in [0, 0.1) is 0 Å². The lowest BCUT2D eigenvalue weighted by Gasteiger charge is -2.26. The fourth-order valence-electron chi connectivity index (χ4n) is 13.4. The average Bonchev–Trinajstić information content (AvgIpc) is 4.30. The lowest BCUT2D eigenvalue weighted by Crippen LogP contribution is -2.10. The van der Waals surface area contributed by atoms with Gasteiger partial charge in [0, 0.05) is 127 Å². The minimum Gasteiger partial charge on any atom is -0.310 e. The number of para-hydroxylation sites is 3. The molecule has 0 bridgehead atoms. The van der Waals surface area contributed by atoms with Crippen molar-refractivity contribution in [3.05, 3.63) is 255 Å². The fourth-order valence-corrected chi connectivity index (χ4v) is 16.7. The molecule has 0 aliphatic carbocycles. The third kappa shape index (κ3) is 6.17. The molecule has 0 spiro atoms. The first-order valence-corrected chi connectivity index (χ1v) is 29.3. The molecule has 18 aromatic rings. The highest BCUT2D eigenvalue weighted by atomic mass is 32.1. The summed E-state index contributed by atoms with van der Waals surface area (Å²) in [6.07, 6.45) is 0. The molecule has 0 saturated heterocycles. The van der Waals surface area contributed by atoms with Crippen LogP contribution in [-0.4, -0.2) is 13.7 Å². The van der Waals surface area contributed by atoms with Gasteiger partial charge in [-0.05, 0) is 146 Å². The average molecular weight is 1060 g/mol. The molecule has 12 aromatic carbocycles. The van der Waals surface area contributed by atoms with Gasteiger partial charge >= 0.3 is 0 Å². The van der Waals surface area contributed by atoms with E-state index in [2.05, 4.69) is 273 Å². The molecular formula is C72H42N4S3. The van der Waals surface area contributed by atoms with Crippen LogP contribution in [0.2, 0.25) is 0 Å². The maximum atomic E-state index is 2.45. The number of thiophene rings is 3. The lowest BCUT2D eigenvalue weighted by molar-refractivity contribution is 1.16. The van der Waals surface area contributed by atoms with E-state index in [4.69, 9.17) is 0 Å². The Labute approximate surface area is 464 Å². The molecule has 0 aliphatic heterocycles. The Balaban J connectivity index is 0.804. The smallest absolute Gasteiger partial charge is 0.0548 e. The number of hydrogen-bond acceptors (Lipinski definition) is 4. The van der Waals surface area contributed by atoms with Crippen molar-refractivity contribution < 1.29 is 0 Å². The van der Waals surface area contributed by atoms with E-state index >= 15 is 0 Å². The predicted octanol–water partition coefficient (Wildman–Crippen LogP) is 21.6. The highest BCUT2D eigenvalue weighted by Gasteiger charge is 2.23.